The van der Waals surface area contributed by atoms with Gasteiger partial charge in [-0.05, 0) is 42.3 Å². The molecule has 0 radical (unpaired) electrons. The lowest BCUT2D eigenvalue weighted by molar-refractivity contribution is -0.117. The molecule has 0 aliphatic heterocycles. The smallest absolute Gasteiger partial charge is 0.244 e. The van der Waals surface area contributed by atoms with Crippen molar-refractivity contribution in [2.75, 3.05) is 0 Å². The van der Waals surface area contributed by atoms with Crippen LogP contribution >= 0.6 is 11.6 Å². The third-order valence-corrected chi connectivity index (χ3v) is 4.10. The zero-order valence-electron chi connectivity index (χ0n) is 13.6. The second-order valence-electron chi connectivity index (χ2n) is 5.52. The Kier molecular flexibility index (Phi) is 5.26. The molecule has 5 nitrogen and oxygen atoms in total. The fraction of sp³-hybridized carbons (Fsp3) is 0.105. The van der Waals surface area contributed by atoms with E-state index >= 15 is 0 Å². The van der Waals surface area contributed by atoms with Gasteiger partial charge in [0.05, 0.1) is 11.7 Å². The van der Waals surface area contributed by atoms with Gasteiger partial charge >= 0.3 is 0 Å². The topological polar surface area (TPSA) is 59.8 Å². The maximum absolute atomic E-state index is 12.1. The predicted octanol–water partition coefficient (Wildman–Crippen LogP) is 3.81. The number of nitrogens with one attached hydrogen (secondary N) is 1. The second kappa shape index (κ2) is 7.77. The first-order valence-electron chi connectivity index (χ1n) is 7.81. The van der Waals surface area contributed by atoms with Crippen LogP contribution in [-0.4, -0.2) is 20.7 Å². The van der Waals surface area contributed by atoms with Crippen molar-refractivity contribution in [3.05, 3.63) is 83.4 Å². The Bertz CT molecular complexity index is 873. The van der Waals surface area contributed by atoms with E-state index in [1.54, 1.807) is 23.2 Å². The van der Waals surface area contributed by atoms with Crippen molar-refractivity contribution < 1.29 is 4.79 Å². The minimum Gasteiger partial charge on any atom is -0.346 e. The summed E-state index contributed by atoms with van der Waals surface area (Å²) in [6, 6.07) is 15.1. The van der Waals surface area contributed by atoms with Crippen molar-refractivity contribution in [2.24, 2.45) is 0 Å². The summed E-state index contributed by atoms with van der Waals surface area (Å²) in [5.74, 6) is -0.173. The lowest BCUT2D eigenvalue weighted by Crippen LogP contribution is -2.24. The molecule has 25 heavy (non-hydrogen) atoms. The van der Waals surface area contributed by atoms with Crippen LogP contribution in [0.25, 0.3) is 11.8 Å². The molecule has 3 rings (SSSR count). The molecular formula is C19H17ClN4O. The molecule has 126 valence electrons. The van der Waals surface area contributed by atoms with E-state index in [0.717, 1.165) is 16.8 Å². The molecule has 1 amide bonds. The largest absolute Gasteiger partial charge is 0.346 e. The number of benzene rings is 2. The van der Waals surface area contributed by atoms with Crippen molar-refractivity contribution >= 4 is 23.6 Å². The molecule has 0 aliphatic rings. The molecule has 0 saturated carbocycles. The van der Waals surface area contributed by atoms with E-state index in [1.165, 1.54) is 12.4 Å². The summed E-state index contributed by atoms with van der Waals surface area (Å²) in [6.45, 7) is 1.94. The van der Waals surface area contributed by atoms with Gasteiger partial charge < -0.3 is 5.32 Å². The highest BCUT2D eigenvalue weighted by Crippen LogP contribution is 2.17. The summed E-state index contributed by atoms with van der Waals surface area (Å²) in [6.07, 6.45) is 6.32. The number of carbonyl (C=O) groups excluding carboxylic acids is 1. The van der Waals surface area contributed by atoms with E-state index in [4.69, 9.17) is 11.6 Å². The van der Waals surface area contributed by atoms with Crippen molar-refractivity contribution in [2.45, 2.75) is 13.0 Å². The molecule has 1 N–H and O–H groups in total. The number of nitrogens with zero attached hydrogens (tertiary/aromatic N) is 3. The monoisotopic (exact) mass is 352 g/mol. The number of rotatable bonds is 5. The first kappa shape index (κ1) is 16.9. The van der Waals surface area contributed by atoms with Crippen LogP contribution in [0.4, 0.5) is 0 Å². The summed E-state index contributed by atoms with van der Waals surface area (Å²) >= 11 is 6.07. The van der Waals surface area contributed by atoms with E-state index in [0.29, 0.717) is 5.02 Å². The van der Waals surface area contributed by atoms with Crippen LogP contribution in [0.1, 0.15) is 24.1 Å². The first-order valence-corrected chi connectivity index (χ1v) is 8.19. The molecule has 1 aromatic heterocycles. The van der Waals surface area contributed by atoms with E-state index in [-0.39, 0.29) is 11.9 Å². The number of hydrogen-bond acceptors (Lipinski definition) is 3. The van der Waals surface area contributed by atoms with E-state index in [9.17, 15) is 4.79 Å². The van der Waals surface area contributed by atoms with Gasteiger partial charge in [0.15, 0.2) is 0 Å². The lowest BCUT2D eigenvalue weighted by atomic mass is 10.1. The Labute approximate surface area is 151 Å². The second-order valence-corrected chi connectivity index (χ2v) is 5.92. The van der Waals surface area contributed by atoms with Gasteiger partial charge in [-0.15, -0.1) is 0 Å². The average molecular weight is 353 g/mol. The summed E-state index contributed by atoms with van der Waals surface area (Å²) < 4.78 is 1.68. The van der Waals surface area contributed by atoms with Gasteiger partial charge in [-0.1, -0.05) is 41.9 Å². The number of halogens is 1. The van der Waals surface area contributed by atoms with E-state index in [2.05, 4.69) is 15.4 Å². The van der Waals surface area contributed by atoms with Gasteiger partial charge in [0.1, 0.15) is 12.7 Å². The van der Waals surface area contributed by atoms with Crippen LogP contribution in [0.5, 0.6) is 0 Å². The fourth-order valence-electron chi connectivity index (χ4n) is 2.38. The quantitative estimate of drug-likeness (QED) is 0.710. The molecule has 1 atom stereocenters. The molecule has 0 saturated heterocycles. The minimum absolute atomic E-state index is 0.117. The van der Waals surface area contributed by atoms with Gasteiger partial charge in [-0.3, -0.25) is 4.79 Å². The molecule has 3 aromatic rings. The van der Waals surface area contributed by atoms with Crippen LogP contribution in [0.2, 0.25) is 5.02 Å². The summed E-state index contributed by atoms with van der Waals surface area (Å²) in [4.78, 5) is 16.0. The Balaban J connectivity index is 1.62. The molecule has 1 heterocycles. The van der Waals surface area contributed by atoms with Crippen molar-refractivity contribution in [3.63, 3.8) is 0 Å². The normalized spacial score (nSPS) is 12.2. The SMILES string of the molecule is CC(NC(=O)/C=C/c1ccccc1Cl)c1ccc(-n2cncn2)cc1. The highest BCUT2D eigenvalue weighted by Gasteiger charge is 2.08. The van der Waals surface area contributed by atoms with Gasteiger partial charge in [0, 0.05) is 11.1 Å². The van der Waals surface area contributed by atoms with Crippen molar-refractivity contribution in [1.82, 2.24) is 20.1 Å². The number of hydrogen-bond donors (Lipinski definition) is 1. The highest BCUT2D eigenvalue weighted by atomic mass is 35.5. The molecule has 6 heteroatoms. The van der Waals surface area contributed by atoms with Gasteiger partial charge in [-0.25, -0.2) is 9.67 Å². The Morgan fingerprint density at radius 3 is 2.64 bits per heavy atom. The fourth-order valence-corrected chi connectivity index (χ4v) is 2.58. The van der Waals surface area contributed by atoms with E-state index in [1.807, 2.05) is 49.4 Å². The first-order chi connectivity index (χ1) is 12.1. The number of carbonyl (C=O) groups is 1. The van der Waals surface area contributed by atoms with Crippen LogP contribution in [0, 0.1) is 0 Å². The third kappa shape index (κ3) is 4.33. The molecule has 0 spiro atoms. The molecule has 0 bridgehead atoms. The molecule has 0 aliphatic carbocycles. The lowest BCUT2D eigenvalue weighted by Gasteiger charge is -2.13. The van der Waals surface area contributed by atoms with Crippen LogP contribution in [0.15, 0.2) is 67.3 Å². The summed E-state index contributed by atoms with van der Waals surface area (Å²) in [5, 5.41) is 7.64. The number of aromatic nitrogens is 3. The zero-order valence-corrected chi connectivity index (χ0v) is 14.4. The number of amides is 1. The highest BCUT2D eigenvalue weighted by molar-refractivity contribution is 6.32. The van der Waals surface area contributed by atoms with Gasteiger partial charge in [0.25, 0.3) is 0 Å². The third-order valence-electron chi connectivity index (χ3n) is 3.75. The average Bonchev–Trinajstić information content (AvgIpc) is 3.16. The maximum Gasteiger partial charge on any atom is 0.244 e. The summed E-state index contributed by atoms with van der Waals surface area (Å²) in [7, 11) is 0. The zero-order chi connectivity index (χ0) is 17.6. The van der Waals surface area contributed by atoms with Crippen molar-refractivity contribution in [3.8, 4) is 5.69 Å². The van der Waals surface area contributed by atoms with Gasteiger partial charge in [0.2, 0.25) is 5.91 Å². The minimum atomic E-state index is -0.173. The maximum atomic E-state index is 12.1. The Morgan fingerprint density at radius 2 is 1.96 bits per heavy atom. The van der Waals surface area contributed by atoms with Gasteiger partial charge in [-0.2, -0.15) is 5.10 Å². The molecule has 0 fully saturated rings. The molecule has 1 unspecified atom stereocenters. The van der Waals surface area contributed by atoms with Crippen LogP contribution in [0.3, 0.4) is 0 Å². The Morgan fingerprint density at radius 1 is 1.20 bits per heavy atom. The van der Waals surface area contributed by atoms with Crippen molar-refractivity contribution in [1.29, 1.82) is 0 Å². The molecular weight excluding hydrogens is 336 g/mol. The molecule has 2 aromatic carbocycles. The Hall–Kier alpha value is -2.92. The van der Waals surface area contributed by atoms with Crippen LogP contribution < -0.4 is 5.32 Å². The predicted molar refractivity (Wildman–Crippen MR) is 98.4 cm³/mol. The summed E-state index contributed by atoms with van der Waals surface area (Å²) in [5.41, 5.74) is 2.73. The van der Waals surface area contributed by atoms with Crippen LogP contribution in [-0.2, 0) is 4.79 Å². The standard InChI is InChI=1S/C19H17ClN4O/c1-14(15-6-9-17(10-7-15)24-13-21-12-22-24)23-19(25)11-8-16-4-2-3-5-18(16)20/h2-14H,1H3,(H,23,25)/b11-8+. The van der Waals surface area contributed by atoms with E-state index < -0.39 is 0 Å².